The van der Waals surface area contributed by atoms with Crippen molar-refractivity contribution >= 4 is 0 Å². The van der Waals surface area contributed by atoms with Gasteiger partial charge in [0.25, 0.3) is 0 Å². The fourth-order valence-electron chi connectivity index (χ4n) is 3.20. The van der Waals surface area contributed by atoms with Gasteiger partial charge in [-0.15, -0.1) is 0 Å². The second-order valence-electron chi connectivity index (χ2n) is 6.59. The van der Waals surface area contributed by atoms with Gasteiger partial charge in [0.1, 0.15) is 0 Å². The first-order valence-corrected chi connectivity index (χ1v) is 9.42. The van der Waals surface area contributed by atoms with Crippen molar-refractivity contribution in [2.45, 2.75) is 71.1 Å². The SMILES string of the molecule is CCCCCCCCCCCCN1CCN(CCO)CC1. The zero-order chi connectivity index (χ0) is 15.2. The van der Waals surface area contributed by atoms with Gasteiger partial charge in [0.2, 0.25) is 0 Å². The molecule has 1 fully saturated rings. The third-order valence-electron chi connectivity index (χ3n) is 4.71. The van der Waals surface area contributed by atoms with Crippen molar-refractivity contribution < 1.29 is 5.11 Å². The summed E-state index contributed by atoms with van der Waals surface area (Å²) in [6.07, 6.45) is 14.2. The monoisotopic (exact) mass is 298 g/mol. The summed E-state index contributed by atoms with van der Waals surface area (Å²) in [5, 5.41) is 8.93. The summed E-state index contributed by atoms with van der Waals surface area (Å²) in [4.78, 5) is 4.97. The van der Waals surface area contributed by atoms with Crippen LogP contribution in [0.3, 0.4) is 0 Å². The molecule has 0 amide bonds. The van der Waals surface area contributed by atoms with Crippen LogP contribution in [0.4, 0.5) is 0 Å². The third-order valence-corrected chi connectivity index (χ3v) is 4.71. The van der Waals surface area contributed by atoms with Crippen molar-refractivity contribution in [2.24, 2.45) is 0 Å². The van der Waals surface area contributed by atoms with Gasteiger partial charge in [0.15, 0.2) is 0 Å². The second kappa shape index (κ2) is 13.5. The first kappa shape index (κ1) is 18.9. The van der Waals surface area contributed by atoms with Gasteiger partial charge in [0.05, 0.1) is 6.61 Å². The lowest BCUT2D eigenvalue weighted by Crippen LogP contribution is -2.47. The van der Waals surface area contributed by atoms with Crippen molar-refractivity contribution in [3.05, 3.63) is 0 Å². The molecule has 0 atom stereocenters. The van der Waals surface area contributed by atoms with Gasteiger partial charge in [-0.2, -0.15) is 0 Å². The highest BCUT2D eigenvalue weighted by Crippen LogP contribution is 2.11. The number of aliphatic hydroxyl groups is 1. The minimum Gasteiger partial charge on any atom is -0.395 e. The summed E-state index contributed by atoms with van der Waals surface area (Å²) in [6.45, 7) is 9.38. The van der Waals surface area contributed by atoms with Crippen molar-refractivity contribution in [3.8, 4) is 0 Å². The Morgan fingerprint density at radius 3 is 1.52 bits per heavy atom. The molecule has 3 heteroatoms. The Kier molecular flexibility index (Phi) is 12.2. The lowest BCUT2D eigenvalue weighted by atomic mass is 10.1. The fraction of sp³-hybridized carbons (Fsp3) is 1.00. The van der Waals surface area contributed by atoms with E-state index in [-0.39, 0.29) is 0 Å². The molecule has 0 radical (unpaired) electrons. The van der Waals surface area contributed by atoms with E-state index in [0.29, 0.717) is 6.61 Å². The Balaban J connectivity index is 1.80. The van der Waals surface area contributed by atoms with Crippen LogP contribution in [0.1, 0.15) is 71.1 Å². The average Bonchev–Trinajstić information content (AvgIpc) is 2.51. The largest absolute Gasteiger partial charge is 0.395 e. The van der Waals surface area contributed by atoms with Crippen molar-refractivity contribution in [3.63, 3.8) is 0 Å². The standard InChI is InChI=1S/C18H38N2O/c1-2-3-4-5-6-7-8-9-10-11-12-19-13-15-20(16-14-19)17-18-21/h21H,2-18H2,1H3. The quantitative estimate of drug-likeness (QED) is 0.527. The van der Waals surface area contributed by atoms with Gasteiger partial charge in [-0.25, -0.2) is 0 Å². The minimum absolute atomic E-state index is 0.304. The molecule has 0 aromatic carbocycles. The Bertz CT molecular complexity index is 215. The highest BCUT2D eigenvalue weighted by Gasteiger charge is 2.15. The predicted octanol–water partition coefficient (Wildman–Crippen LogP) is 3.52. The van der Waals surface area contributed by atoms with E-state index in [9.17, 15) is 0 Å². The second-order valence-corrected chi connectivity index (χ2v) is 6.59. The number of aliphatic hydroxyl groups excluding tert-OH is 1. The molecule has 0 unspecified atom stereocenters. The summed E-state index contributed by atoms with van der Waals surface area (Å²) >= 11 is 0. The van der Waals surface area contributed by atoms with Gasteiger partial charge in [0, 0.05) is 32.7 Å². The smallest absolute Gasteiger partial charge is 0.0558 e. The number of unbranched alkanes of at least 4 members (excludes halogenated alkanes) is 9. The van der Waals surface area contributed by atoms with E-state index < -0.39 is 0 Å². The molecule has 1 N–H and O–H groups in total. The predicted molar refractivity (Wildman–Crippen MR) is 91.8 cm³/mol. The Hall–Kier alpha value is -0.120. The van der Waals surface area contributed by atoms with E-state index in [0.717, 1.165) is 19.6 Å². The Labute approximate surface area is 132 Å². The average molecular weight is 299 g/mol. The fourth-order valence-corrected chi connectivity index (χ4v) is 3.20. The van der Waals surface area contributed by atoms with Crippen molar-refractivity contribution in [1.29, 1.82) is 0 Å². The van der Waals surface area contributed by atoms with Crippen LogP contribution < -0.4 is 0 Å². The summed E-state index contributed by atoms with van der Waals surface area (Å²) in [6, 6.07) is 0. The van der Waals surface area contributed by atoms with Gasteiger partial charge in [-0.1, -0.05) is 64.7 Å². The van der Waals surface area contributed by atoms with Crippen molar-refractivity contribution in [2.75, 3.05) is 45.9 Å². The van der Waals surface area contributed by atoms with E-state index in [1.807, 2.05) is 0 Å². The maximum Gasteiger partial charge on any atom is 0.0558 e. The molecule has 1 heterocycles. The van der Waals surface area contributed by atoms with Gasteiger partial charge in [-0.3, -0.25) is 4.90 Å². The van der Waals surface area contributed by atoms with Crippen LogP contribution in [0.25, 0.3) is 0 Å². The molecule has 1 aliphatic rings. The van der Waals surface area contributed by atoms with Crippen LogP contribution in [0.2, 0.25) is 0 Å². The molecule has 0 aliphatic carbocycles. The molecule has 1 saturated heterocycles. The highest BCUT2D eigenvalue weighted by molar-refractivity contribution is 4.71. The lowest BCUT2D eigenvalue weighted by molar-refractivity contribution is 0.111. The van der Waals surface area contributed by atoms with Crippen LogP contribution in [-0.2, 0) is 0 Å². The van der Waals surface area contributed by atoms with Crippen LogP contribution in [-0.4, -0.2) is 60.8 Å². The summed E-state index contributed by atoms with van der Waals surface area (Å²) in [5.74, 6) is 0. The maximum absolute atomic E-state index is 8.93. The molecule has 0 spiro atoms. The van der Waals surface area contributed by atoms with Crippen LogP contribution >= 0.6 is 0 Å². The normalized spacial score (nSPS) is 17.4. The summed E-state index contributed by atoms with van der Waals surface area (Å²) in [5.41, 5.74) is 0. The number of piperazine rings is 1. The number of rotatable bonds is 13. The van der Waals surface area contributed by atoms with Crippen LogP contribution in [0.15, 0.2) is 0 Å². The molecule has 0 aromatic heterocycles. The zero-order valence-corrected chi connectivity index (χ0v) is 14.4. The number of β-amino-alcohol motifs (C(OH)–C–C–N with tert-alkyl or cyclic N) is 1. The van der Waals surface area contributed by atoms with Gasteiger partial charge < -0.3 is 10.0 Å². The maximum atomic E-state index is 8.93. The molecular weight excluding hydrogens is 260 g/mol. The third kappa shape index (κ3) is 10.3. The molecule has 0 aromatic rings. The first-order valence-electron chi connectivity index (χ1n) is 9.42. The van der Waals surface area contributed by atoms with E-state index in [1.54, 1.807) is 0 Å². The number of hydrogen-bond donors (Lipinski definition) is 1. The molecule has 3 nitrogen and oxygen atoms in total. The topological polar surface area (TPSA) is 26.7 Å². The molecule has 0 saturated carbocycles. The van der Waals surface area contributed by atoms with Gasteiger partial charge >= 0.3 is 0 Å². The lowest BCUT2D eigenvalue weighted by Gasteiger charge is -2.34. The van der Waals surface area contributed by atoms with E-state index in [1.165, 1.54) is 83.8 Å². The molecule has 1 rings (SSSR count). The van der Waals surface area contributed by atoms with E-state index >= 15 is 0 Å². The Morgan fingerprint density at radius 1 is 0.619 bits per heavy atom. The molecule has 0 bridgehead atoms. The first-order chi connectivity index (χ1) is 10.4. The Morgan fingerprint density at radius 2 is 1.05 bits per heavy atom. The molecular formula is C18H38N2O. The highest BCUT2D eigenvalue weighted by atomic mass is 16.3. The number of hydrogen-bond acceptors (Lipinski definition) is 3. The molecule has 1 aliphatic heterocycles. The minimum atomic E-state index is 0.304. The van der Waals surface area contributed by atoms with Crippen LogP contribution in [0, 0.1) is 0 Å². The number of nitrogens with zero attached hydrogens (tertiary/aromatic N) is 2. The summed E-state index contributed by atoms with van der Waals surface area (Å²) < 4.78 is 0. The van der Waals surface area contributed by atoms with E-state index in [4.69, 9.17) is 5.11 Å². The molecule has 21 heavy (non-hydrogen) atoms. The van der Waals surface area contributed by atoms with Crippen molar-refractivity contribution in [1.82, 2.24) is 9.80 Å². The van der Waals surface area contributed by atoms with Gasteiger partial charge in [-0.05, 0) is 13.0 Å². The van der Waals surface area contributed by atoms with E-state index in [2.05, 4.69) is 16.7 Å². The zero-order valence-electron chi connectivity index (χ0n) is 14.4. The van der Waals surface area contributed by atoms with Crippen LogP contribution in [0.5, 0.6) is 0 Å². The summed E-state index contributed by atoms with van der Waals surface area (Å²) in [7, 11) is 0. The molecule has 126 valence electrons.